The monoisotopic (exact) mass is 422 g/mol. The topological polar surface area (TPSA) is 98.4 Å². The van der Waals surface area contributed by atoms with Crippen LogP contribution in [0.4, 0.5) is 4.79 Å². The van der Waals surface area contributed by atoms with Crippen molar-refractivity contribution in [1.29, 1.82) is 5.26 Å². The van der Waals surface area contributed by atoms with E-state index in [1.54, 1.807) is 45.0 Å². The summed E-state index contributed by atoms with van der Waals surface area (Å²) in [6, 6.07) is 9.08. The quantitative estimate of drug-likeness (QED) is 0.398. The first-order valence-corrected chi connectivity index (χ1v) is 10.2. The summed E-state index contributed by atoms with van der Waals surface area (Å²) >= 11 is 0. The lowest BCUT2D eigenvalue weighted by Crippen LogP contribution is -2.44. The van der Waals surface area contributed by atoms with Crippen LogP contribution in [0.1, 0.15) is 56.1 Å². The summed E-state index contributed by atoms with van der Waals surface area (Å²) in [5, 5.41) is 9.69. The molecule has 1 aromatic carbocycles. The number of benzene rings is 1. The van der Waals surface area contributed by atoms with E-state index >= 15 is 0 Å². The molecule has 162 valence electrons. The minimum absolute atomic E-state index is 0.0209. The van der Waals surface area contributed by atoms with Crippen LogP contribution in [0, 0.1) is 16.7 Å². The lowest BCUT2D eigenvalue weighted by Gasteiger charge is -2.33. The molecule has 0 radical (unpaired) electrons. The summed E-state index contributed by atoms with van der Waals surface area (Å²) in [6.45, 7) is 8.84. The van der Waals surface area contributed by atoms with Gasteiger partial charge in [-0.05, 0) is 46.1 Å². The number of nitriles is 1. The summed E-state index contributed by atoms with van der Waals surface area (Å²) in [5.74, 6) is -1.08. The molecule has 7 heteroatoms. The standard InChI is InChI=1S/C24H26N2O5/c1-5-15-30-21(28)24(12-8-14-25)13-11-18-19(20(24)27)16-9-6-7-10-17(16)26(18)22(29)31-23(2,3)4/h5-7,9-10H,1,8,11-13,15H2,2-4H3. The Morgan fingerprint density at radius 3 is 2.68 bits per heavy atom. The fourth-order valence-electron chi connectivity index (χ4n) is 4.06. The smallest absolute Gasteiger partial charge is 0.419 e. The van der Waals surface area contributed by atoms with Crippen LogP contribution in [0.5, 0.6) is 0 Å². The van der Waals surface area contributed by atoms with Crippen LogP contribution >= 0.6 is 0 Å². The van der Waals surface area contributed by atoms with Crippen LogP contribution in [0.15, 0.2) is 36.9 Å². The number of para-hydroxylation sites is 1. The molecule has 1 heterocycles. The highest BCUT2D eigenvalue weighted by Gasteiger charge is 2.51. The van der Waals surface area contributed by atoms with Gasteiger partial charge in [-0.1, -0.05) is 30.9 Å². The lowest BCUT2D eigenvalue weighted by molar-refractivity contribution is -0.152. The molecular formula is C24H26N2O5. The van der Waals surface area contributed by atoms with Gasteiger partial charge >= 0.3 is 12.1 Å². The SMILES string of the molecule is C=CCOC(=O)C1(CCC#N)CCc2c(c3ccccc3n2C(=O)OC(C)(C)C)C1=O. The minimum atomic E-state index is -1.46. The molecule has 0 saturated carbocycles. The Labute approximate surface area is 181 Å². The number of ether oxygens (including phenoxy) is 2. The van der Waals surface area contributed by atoms with Gasteiger partial charge in [-0.2, -0.15) is 5.26 Å². The fraction of sp³-hybridized carbons (Fsp3) is 0.417. The van der Waals surface area contributed by atoms with Crippen LogP contribution in [-0.2, 0) is 20.7 Å². The molecule has 1 unspecified atom stereocenters. The first-order valence-electron chi connectivity index (χ1n) is 10.2. The van der Waals surface area contributed by atoms with E-state index in [-0.39, 0.29) is 25.9 Å². The summed E-state index contributed by atoms with van der Waals surface area (Å²) in [4.78, 5) is 39.8. The summed E-state index contributed by atoms with van der Waals surface area (Å²) in [7, 11) is 0. The van der Waals surface area contributed by atoms with Gasteiger partial charge in [0.2, 0.25) is 0 Å². The van der Waals surface area contributed by atoms with Gasteiger partial charge < -0.3 is 9.47 Å². The number of fused-ring (bicyclic) bond motifs is 3. The van der Waals surface area contributed by atoms with Crippen molar-refractivity contribution in [3.05, 3.63) is 48.2 Å². The average molecular weight is 422 g/mol. The molecule has 1 aliphatic rings. The Kier molecular flexibility index (Phi) is 6.03. The molecule has 0 N–H and O–H groups in total. The van der Waals surface area contributed by atoms with Gasteiger partial charge in [0.05, 0.1) is 11.6 Å². The maximum Gasteiger partial charge on any atom is 0.419 e. The van der Waals surface area contributed by atoms with Crippen LogP contribution in [-0.4, -0.2) is 34.6 Å². The van der Waals surface area contributed by atoms with Gasteiger partial charge in [0.1, 0.15) is 17.6 Å². The number of Topliss-reactive ketones (excluding diaryl/α,β-unsaturated/α-hetero) is 1. The molecule has 31 heavy (non-hydrogen) atoms. The van der Waals surface area contributed by atoms with Gasteiger partial charge in [0.15, 0.2) is 5.78 Å². The van der Waals surface area contributed by atoms with E-state index < -0.39 is 28.9 Å². The number of aromatic nitrogens is 1. The van der Waals surface area contributed by atoms with Gasteiger partial charge in [-0.3, -0.25) is 9.59 Å². The highest BCUT2D eigenvalue weighted by molar-refractivity contribution is 6.20. The number of hydrogen-bond acceptors (Lipinski definition) is 6. The summed E-state index contributed by atoms with van der Waals surface area (Å²) in [5.41, 5.74) is -0.787. The molecular weight excluding hydrogens is 396 g/mol. The normalized spacial score (nSPS) is 18.2. The van der Waals surface area contributed by atoms with E-state index in [0.717, 1.165) is 0 Å². The van der Waals surface area contributed by atoms with E-state index in [0.29, 0.717) is 28.6 Å². The zero-order valence-electron chi connectivity index (χ0n) is 18.1. The number of rotatable bonds is 5. The predicted octanol–water partition coefficient (Wildman–Crippen LogP) is 4.57. The molecule has 0 saturated heterocycles. The van der Waals surface area contributed by atoms with Gasteiger partial charge in [0, 0.05) is 23.1 Å². The third-order valence-corrected chi connectivity index (χ3v) is 5.39. The zero-order chi connectivity index (χ0) is 22.8. The molecule has 0 fully saturated rings. The predicted molar refractivity (Wildman–Crippen MR) is 115 cm³/mol. The first-order chi connectivity index (χ1) is 14.7. The lowest BCUT2D eigenvalue weighted by atomic mass is 9.69. The maximum atomic E-state index is 13.8. The van der Waals surface area contributed by atoms with Gasteiger partial charge in [0.25, 0.3) is 0 Å². The molecule has 0 spiro atoms. The molecule has 2 aromatic rings. The van der Waals surface area contributed by atoms with E-state index in [1.165, 1.54) is 10.6 Å². The number of carbonyl (C=O) groups is 3. The number of carbonyl (C=O) groups excluding carboxylic acids is 3. The molecule has 1 aromatic heterocycles. The number of ketones is 1. The zero-order valence-corrected chi connectivity index (χ0v) is 18.1. The Morgan fingerprint density at radius 2 is 2.03 bits per heavy atom. The Bertz CT molecular complexity index is 1100. The van der Waals surface area contributed by atoms with E-state index in [4.69, 9.17) is 14.7 Å². The third kappa shape index (κ3) is 3.98. The first kappa shape index (κ1) is 22.3. The Hall–Kier alpha value is -3.40. The third-order valence-electron chi connectivity index (χ3n) is 5.39. The highest BCUT2D eigenvalue weighted by atomic mass is 16.6. The Morgan fingerprint density at radius 1 is 1.32 bits per heavy atom. The maximum absolute atomic E-state index is 13.8. The van der Waals surface area contributed by atoms with Crippen molar-refractivity contribution in [3.63, 3.8) is 0 Å². The van der Waals surface area contributed by atoms with Crippen molar-refractivity contribution >= 4 is 28.7 Å². The van der Waals surface area contributed by atoms with E-state index in [9.17, 15) is 14.4 Å². The molecule has 1 atom stereocenters. The number of esters is 1. The second-order valence-corrected chi connectivity index (χ2v) is 8.61. The van der Waals surface area contributed by atoms with Crippen LogP contribution in [0.2, 0.25) is 0 Å². The van der Waals surface area contributed by atoms with Gasteiger partial charge in [-0.15, -0.1) is 0 Å². The molecule has 1 aliphatic carbocycles. The highest BCUT2D eigenvalue weighted by Crippen LogP contribution is 2.44. The molecule has 7 nitrogen and oxygen atoms in total. The van der Waals surface area contributed by atoms with Crippen LogP contribution < -0.4 is 0 Å². The largest absolute Gasteiger partial charge is 0.461 e. The van der Waals surface area contributed by atoms with E-state index in [2.05, 4.69) is 6.58 Å². The molecule has 0 aliphatic heterocycles. The second-order valence-electron chi connectivity index (χ2n) is 8.61. The van der Waals surface area contributed by atoms with Crippen molar-refractivity contribution in [1.82, 2.24) is 4.57 Å². The molecule has 0 amide bonds. The van der Waals surface area contributed by atoms with Crippen molar-refractivity contribution < 1.29 is 23.9 Å². The molecule has 0 bridgehead atoms. The van der Waals surface area contributed by atoms with Crippen molar-refractivity contribution in [3.8, 4) is 6.07 Å². The molecule has 3 rings (SSSR count). The van der Waals surface area contributed by atoms with Crippen molar-refractivity contribution in [2.75, 3.05) is 6.61 Å². The van der Waals surface area contributed by atoms with E-state index in [1.807, 2.05) is 6.07 Å². The summed E-state index contributed by atoms with van der Waals surface area (Å²) < 4.78 is 12.3. The van der Waals surface area contributed by atoms with Crippen LogP contribution in [0.25, 0.3) is 10.9 Å². The van der Waals surface area contributed by atoms with Gasteiger partial charge in [-0.25, -0.2) is 9.36 Å². The van der Waals surface area contributed by atoms with Crippen LogP contribution in [0.3, 0.4) is 0 Å². The number of hydrogen-bond donors (Lipinski definition) is 0. The average Bonchev–Trinajstić information content (AvgIpc) is 3.05. The minimum Gasteiger partial charge on any atom is -0.461 e. The Balaban J connectivity index is 2.18. The number of nitrogens with zero attached hydrogens (tertiary/aromatic N) is 2. The summed E-state index contributed by atoms with van der Waals surface area (Å²) in [6.07, 6.45) is 1.40. The fourth-order valence-corrected chi connectivity index (χ4v) is 4.06. The van der Waals surface area contributed by atoms with Crippen molar-refractivity contribution in [2.45, 2.75) is 52.1 Å². The second kappa shape index (κ2) is 8.38. The van der Waals surface area contributed by atoms with Crippen molar-refractivity contribution in [2.24, 2.45) is 5.41 Å².